The number of carbonyl (C=O) groups excluding carboxylic acids is 1. The van der Waals surface area contributed by atoms with Crippen LogP contribution in [0.15, 0.2) is 12.3 Å². The highest BCUT2D eigenvalue weighted by Gasteiger charge is 2.39. The SMILES string of the molecule is COC1C=COC1C(=O)N1CC2CNCC(C2)C1. The van der Waals surface area contributed by atoms with Crippen molar-refractivity contribution in [1.29, 1.82) is 0 Å². The number of ether oxygens (including phenoxy) is 2. The van der Waals surface area contributed by atoms with Crippen molar-refractivity contribution in [2.24, 2.45) is 11.8 Å². The Labute approximate surface area is 107 Å². The fourth-order valence-electron chi connectivity index (χ4n) is 3.25. The second-order valence-electron chi connectivity index (χ2n) is 5.45. The lowest BCUT2D eigenvalue weighted by atomic mass is 9.85. The quantitative estimate of drug-likeness (QED) is 0.750. The second-order valence-corrected chi connectivity index (χ2v) is 5.45. The molecular formula is C13H20N2O3. The summed E-state index contributed by atoms with van der Waals surface area (Å²) in [5.74, 6) is 1.26. The molecule has 5 heteroatoms. The lowest BCUT2D eigenvalue weighted by molar-refractivity contribution is -0.147. The number of fused-ring (bicyclic) bond motifs is 2. The Morgan fingerprint density at radius 2 is 2.11 bits per heavy atom. The van der Waals surface area contributed by atoms with Crippen LogP contribution in [0.4, 0.5) is 0 Å². The summed E-state index contributed by atoms with van der Waals surface area (Å²) >= 11 is 0. The number of amides is 1. The molecule has 1 amide bonds. The van der Waals surface area contributed by atoms with Crippen molar-refractivity contribution < 1.29 is 14.3 Å². The van der Waals surface area contributed by atoms with Crippen molar-refractivity contribution in [3.8, 4) is 0 Å². The summed E-state index contributed by atoms with van der Waals surface area (Å²) < 4.78 is 10.6. The van der Waals surface area contributed by atoms with Crippen molar-refractivity contribution in [3.63, 3.8) is 0 Å². The molecule has 0 aromatic carbocycles. The first-order valence-electron chi connectivity index (χ1n) is 6.62. The predicted octanol–water partition coefficient (Wildman–Crippen LogP) is -0.0182. The molecule has 3 aliphatic heterocycles. The summed E-state index contributed by atoms with van der Waals surface area (Å²) in [6.45, 7) is 3.74. The van der Waals surface area contributed by atoms with Crippen LogP contribution in [0.5, 0.6) is 0 Å². The number of piperidine rings is 2. The molecule has 5 nitrogen and oxygen atoms in total. The van der Waals surface area contributed by atoms with E-state index >= 15 is 0 Å². The van der Waals surface area contributed by atoms with Gasteiger partial charge >= 0.3 is 0 Å². The Morgan fingerprint density at radius 1 is 1.39 bits per heavy atom. The van der Waals surface area contributed by atoms with E-state index in [-0.39, 0.29) is 12.0 Å². The molecule has 2 bridgehead atoms. The third kappa shape index (κ3) is 2.12. The molecule has 0 aliphatic carbocycles. The molecule has 4 atom stereocenters. The number of nitrogens with one attached hydrogen (secondary N) is 1. The highest BCUT2D eigenvalue weighted by molar-refractivity contribution is 5.82. The standard InChI is InChI=1S/C13H20N2O3/c1-17-11-2-3-18-12(11)13(16)15-7-9-4-10(8-15)6-14-5-9/h2-3,9-12,14H,4-8H2,1H3. The molecule has 0 spiro atoms. The summed E-state index contributed by atoms with van der Waals surface area (Å²) in [4.78, 5) is 14.4. The molecule has 0 radical (unpaired) electrons. The molecule has 0 saturated carbocycles. The molecule has 18 heavy (non-hydrogen) atoms. The molecular weight excluding hydrogens is 232 g/mol. The van der Waals surface area contributed by atoms with E-state index in [4.69, 9.17) is 9.47 Å². The number of carbonyl (C=O) groups is 1. The summed E-state index contributed by atoms with van der Waals surface area (Å²) in [6, 6.07) is 0. The zero-order chi connectivity index (χ0) is 12.5. The van der Waals surface area contributed by atoms with Crippen molar-refractivity contribution in [1.82, 2.24) is 10.2 Å². The largest absolute Gasteiger partial charge is 0.485 e. The number of hydrogen-bond donors (Lipinski definition) is 1. The van der Waals surface area contributed by atoms with Gasteiger partial charge in [-0.05, 0) is 37.4 Å². The molecule has 0 aromatic heterocycles. The first-order chi connectivity index (χ1) is 8.78. The van der Waals surface area contributed by atoms with Crippen molar-refractivity contribution in [2.45, 2.75) is 18.6 Å². The van der Waals surface area contributed by atoms with Gasteiger partial charge in [-0.2, -0.15) is 0 Å². The van der Waals surface area contributed by atoms with Gasteiger partial charge in [-0.1, -0.05) is 0 Å². The van der Waals surface area contributed by atoms with E-state index in [1.54, 1.807) is 19.4 Å². The van der Waals surface area contributed by atoms with Gasteiger partial charge in [0.2, 0.25) is 6.10 Å². The Hall–Kier alpha value is -1.07. The van der Waals surface area contributed by atoms with Crippen LogP contribution in [0.25, 0.3) is 0 Å². The minimum absolute atomic E-state index is 0.0726. The maximum absolute atomic E-state index is 12.5. The lowest BCUT2D eigenvalue weighted by Gasteiger charge is -2.42. The summed E-state index contributed by atoms with van der Waals surface area (Å²) in [5, 5.41) is 3.43. The zero-order valence-electron chi connectivity index (χ0n) is 10.7. The number of methoxy groups -OCH3 is 1. The van der Waals surface area contributed by atoms with Crippen LogP contribution in [0, 0.1) is 11.8 Å². The van der Waals surface area contributed by atoms with Gasteiger partial charge in [0, 0.05) is 20.2 Å². The van der Waals surface area contributed by atoms with Gasteiger partial charge < -0.3 is 19.7 Å². The molecule has 3 aliphatic rings. The van der Waals surface area contributed by atoms with Crippen LogP contribution >= 0.6 is 0 Å². The molecule has 4 unspecified atom stereocenters. The second kappa shape index (κ2) is 4.90. The molecule has 3 rings (SSSR count). The summed E-state index contributed by atoms with van der Waals surface area (Å²) in [7, 11) is 1.61. The maximum Gasteiger partial charge on any atom is 0.266 e. The van der Waals surface area contributed by atoms with Crippen molar-refractivity contribution >= 4 is 5.91 Å². The monoisotopic (exact) mass is 252 g/mol. The van der Waals surface area contributed by atoms with E-state index in [1.807, 2.05) is 4.90 Å². The van der Waals surface area contributed by atoms with Crippen LogP contribution in [0.1, 0.15) is 6.42 Å². The zero-order valence-corrected chi connectivity index (χ0v) is 10.7. The first kappa shape index (κ1) is 12.0. The van der Waals surface area contributed by atoms with Gasteiger partial charge in [0.25, 0.3) is 5.91 Å². The van der Waals surface area contributed by atoms with Gasteiger partial charge in [0.1, 0.15) is 6.10 Å². The van der Waals surface area contributed by atoms with Crippen molar-refractivity contribution in [2.75, 3.05) is 33.3 Å². The van der Waals surface area contributed by atoms with Crippen LogP contribution < -0.4 is 5.32 Å². The van der Waals surface area contributed by atoms with Gasteiger partial charge in [0.05, 0.1) is 6.26 Å². The molecule has 0 aromatic rings. The number of rotatable bonds is 2. The number of likely N-dealkylation sites (tertiary alicyclic amines) is 1. The normalized spacial score (nSPS) is 38.6. The third-order valence-electron chi connectivity index (χ3n) is 4.11. The predicted molar refractivity (Wildman–Crippen MR) is 65.9 cm³/mol. The van der Waals surface area contributed by atoms with E-state index in [1.165, 1.54) is 6.42 Å². The smallest absolute Gasteiger partial charge is 0.266 e. The van der Waals surface area contributed by atoms with Gasteiger partial charge in [-0.15, -0.1) is 0 Å². The minimum atomic E-state index is -0.484. The summed E-state index contributed by atoms with van der Waals surface area (Å²) in [6.07, 6.45) is 3.89. The number of nitrogens with zero attached hydrogens (tertiary/aromatic N) is 1. The highest BCUT2D eigenvalue weighted by atomic mass is 16.5. The van der Waals surface area contributed by atoms with Crippen LogP contribution in [-0.4, -0.2) is 56.3 Å². The van der Waals surface area contributed by atoms with Gasteiger partial charge in [-0.25, -0.2) is 0 Å². The topological polar surface area (TPSA) is 50.8 Å². The molecule has 2 saturated heterocycles. The van der Waals surface area contributed by atoms with Crippen LogP contribution in [0.2, 0.25) is 0 Å². The van der Waals surface area contributed by atoms with E-state index in [0.29, 0.717) is 11.8 Å². The van der Waals surface area contributed by atoms with Crippen LogP contribution in [-0.2, 0) is 14.3 Å². The maximum atomic E-state index is 12.5. The van der Waals surface area contributed by atoms with E-state index in [0.717, 1.165) is 26.2 Å². The van der Waals surface area contributed by atoms with Crippen molar-refractivity contribution in [3.05, 3.63) is 12.3 Å². The van der Waals surface area contributed by atoms with Crippen LogP contribution in [0.3, 0.4) is 0 Å². The lowest BCUT2D eigenvalue weighted by Crippen LogP contribution is -2.55. The van der Waals surface area contributed by atoms with E-state index in [2.05, 4.69) is 5.32 Å². The molecule has 1 N–H and O–H groups in total. The Balaban J connectivity index is 1.66. The average Bonchev–Trinajstić information content (AvgIpc) is 2.85. The third-order valence-corrected chi connectivity index (χ3v) is 4.11. The van der Waals surface area contributed by atoms with E-state index < -0.39 is 6.10 Å². The Kier molecular flexibility index (Phi) is 3.26. The fourth-order valence-corrected chi connectivity index (χ4v) is 3.25. The highest BCUT2D eigenvalue weighted by Crippen LogP contribution is 2.26. The molecule has 100 valence electrons. The average molecular weight is 252 g/mol. The summed E-state index contributed by atoms with van der Waals surface area (Å²) in [5.41, 5.74) is 0. The van der Waals surface area contributed by atoms with Gasteiger partial charge in [0.15, 0.2) is 0 Å². The number of hydrogen-bond acceptors (Lipinski definition) is 4. The van der Waals surface area contributed by atoms with Gasteiger partial charge in [-0.3, -0.25) is 4.79 Å². The fraction of sp³-hybridized carbons (Fsp3) is 0.769. The Morgan fingerprint density at radius 3 is 2.78 bits per heavy atom. The minimum Gasteiger partial charge on any atom is -0.485 e. The first-order valence-corrected chi connectivity index (χ1v) is 6.62. The van der Waals surface area contributed by atoms with E-state index in [9.17, 15) is 4.79 Å². The molecule has 2 fully saturated rings. The molecule has 3 heterocycles. The Bertz CT molecular complexity index is 346.